The predicted octanol–water partition coefficient (Wildman–Crippen LogP) is 6.21. The summed E-state index contributed by atoms with van der Waals surface area (Å²) in [5.41, 5.74) is 11.1. The van der Waals surface area contributed by atoms with Gasteiger partial charge in [-0.15, -0.1) is 0 Å². The maximum Gasteiger partial charge on any atom is 0.0427 e. The molecule has 0 rings (SSSR count). The van der Waals surface area contributed by atoms with Crippen LogP contribution in [0, 0.1) is 0 Å². The second-order valence-corrected chi connectivity index (χ2v) is 6.78. The Hall–Kier alpha value is -0.760. The summed E-state index contributed by atoms with van der Waals surface area (Å²) in [4.78, 5) is 0. The van der Waals surface area contributed by atoms with Crippen LogP contribution in [-0.2, 0) is 0 Å². The molecule has 0 heterocycles. The number of allylic oxidation sites excluding steroid dienone is 1. The van der Waals surface area contributed by atoms with Crippen LogP contribution in [0.15, 0.2) is 24.4 Å². The highest BCUT2D eigenvalue weighted by atomic mass is 14.6. The van der Waals surface area contributed by atoms with E-state index in [0.717, 1.165) is 6.42 Å². The first-order valence-electron chi connectivity index (χ1n) is 10.1. The molecule has 0 aliphatic carbocycles. The van der Waals surface area contributed by atoms with Crippen LogP contribution >= 0.6 is 0 Å². The molecule has 1 atom stereocenters. The van der Waals surface area contributed by atoms with Gasteiger partial charge in [-0.25, -0.2) is 0 Å². The summed E-state index contributed by atoms with van der Waals surface area (Å²) in [5.74, 6) is 0. The Bertz CT molecular complexity index is 271. The molecule has 0 amide bonds. The van der Waals surface area contributed by atoms with E-state index in [2.05, 4.69) is 13.0 Å². The molecule has 2 heteroatoms. The minimum atomic E-state index is -0.0216. The normalized spacial score (nSPS) is 13.3. The zero-order valence-corrected chi connectivity index (χ0v) is 15.6. The molecule has 0 radical (unpaired) electrons. The number of hydrogen-bond acceptors (Lipinski definition) is 2. The van der Waals surface area contributed by atoms with Crippen LogP contribution in [0.4, 0.5) is 0 Å². The zero-order chi connectivity index (χ0) is 17.0. The molecule has 2 nitrogen and oxygen atoms in total. The first kappa shape index (κ1) is 22.2. The summed E-state index contributed by atoms with van der Waals surface area (Å²) < 4.78 is 0. The molecule has 0 aromatic carbocycles. The van der Waals surface area contributed by atoms with Crippen LogP contribution in [0.2, 0.25) is 0 Å². The van der Waals surface area contributed by atoms with Gasteiger partial charge in [-0.3, -0.25) is 0 Å². The molecule has 0 aliphatic rings. The lowest BCUT2D eigenvalue weighted by Crippen LogP contribution is -2.13. The molecule has 0 aromatic rings. The van der Waals surface area contributed by atoms with Gasteiger partial charge in [-0.2, -0.15) is 0 Å². The van der Waals surface area contributed by atoms with Gasteiger partial charge in [0, 0.05) is 6.04 Å². The fourth-order valence-electron chi connectivity index (χ4n) is 2.90. The molecule has 23 heavy (non-hydrogen) atoms. The van der Waals surface area contributed by atoms with Gasteiger partial charge >= 0.3 is 0 Å². The van der Waals surface area contributed by atoms with Gasteiger partial charge in [-0.05, 0) is 25.1 Å². The largest absolute Gasteiger partial charge is 0.405 e. The first-order valence-corrected chi connectivity index (χ1v) is 10.1. The SMILES string of the molecule is CCCCCCCCCCCCCCCCC=CC(N)C=CN. The standard InChI is InChI=1S/C21H42N2/c1-2-3-4-5-6-7-8-9-10-11-12-13-14-15-16-17-18-21(23)19-20-22/h17-21H,2-16,22-23H2,1H3. The maximum absolute atomic E-state index is 5.79. The minimum absolute atomic E-state index is 0.0216. The Kier molecular flexibility index (Phi) is 18.6. The van der Waals surface area contributed by atoms with Crippen molar-refractivity contribution in [3.05, 3.63) is 24.4 Å². The van der Waals surface area contributed by atoms with Crippen LogP contribution in [0.5, 0.6) is 0 Å². The van der Waals surface area contributed by atoms with E-state index in [1.807, 2.05) is 12.2 Å². The molecule has 0 saturated carbocycles. The third-order valence-corrected chi connectivity index (χ3v) is 4.42. The van der Waals surface area contributed by atoms with Crippen molar-refractivity contribution in [2.75, 3.05) is 0 Å². The van der Waals surface area contributed by atoms with Crippen molar-refractivity contribution >= 4 is 0 Å². The number of rotatable bonds is 17. The Morgan fingerprint density at radius 1 is 0.652 bits per heavy atom. The van der Waals surface area contributed by atoms with Gasteiger partial charge in [0.25, 0.3) is 0 Å². The highest BCUT2D eigenvalue weighted by molar-refractivity contribution is 5.02. The summed E-state index contributed by atoms with van der Waals surface area (Å²) in [6.07, 6.45) is 28.5. The Labute approximate surface area is 145 Å². The molecule has 1 unspecified atom stereocenters. The summed E-state index contributed by atoms with van der Waals surface area (Å²) in [6.45, 7) is 2.28. The summed E-state index contributed by atoms with van der Waals surface area (Å²) in [5, 5.41) is 0. The van der Waals surface area contributed by atoms with E-state index in [1.165, 1.54) is 96.1 Å². The first-order chi connectivity index (χ1) is 11.3. The lowest BCUT2D eigenvalue weighted by atomic mass is 10.0. The van der Waals surface area contributed by atoms with Gasteiger partial charge in [0.1, 0.15) is 0 Å². The fraction of sp³-hybridized carbons (Fsp3) is 0.810. The molecule has 0 saturated heterocycles. The Morgan fingerprint density at radius 2 is 1.09 bits per heavy atom. The number of unbranched alkanes of at least 4 members (excludes halogenated alkanes) is 14. The monoisotopic (exact) mass is 322 g/mol. The topological polar surface area (TPSA) is 52.0 Å². The van der Waals surface area contributed by atoms with Gasteiger partial charge in [0.2, 0.25) is 0 Å². The van der Waals surface area contributed by atoms with E-state index in [0.29, 0.717) is 0 Å². The van der Waals surface area contributed by atoms with Crippen LogP contribution in [0.1, 0.15) is 103 Å². The van der Waals surface area contributed by atoms with E-state index in [-0.39, 0.29) is 6.04 Å². The molecular formula is C21H42N2. The van der Waals surface area contributed by atoms with E-state index >= 15 is 0 Å². The Balaban J connectivity index is 3.10. The van der Waals surface area contributed by atoms with E-state index in [4.69, 9.17) is 11.5 Å². The van der Waals surface area contributed by atoms with Crippen LogP contribution in [0.25, 0.3) is 0 Å². The second kappa shape index (κ2) is 19.3. The summed E-state index contributed by atoms with van der Waals surface area (Å²) in [6, 6.07) is -0.0216. The van der Waals surface area contributed by atoms with E-state index in [1.54, 1.807) is 0 Å². The van der Waals surface area contributed by atoms with Gasteiger partial charge in [0.15, 0.2) is 0 Å². The summed E-state index contributed by atoms with van der Waals surface area (Å²) in [7, 11) is 0. The second-order valence-electron chi connectivity index (χ2n) is 6.78. The van der Waals surface area contributed by atoms with Gasteiger partial charge < -0.3 is 11.5 Å². The summed E-state index contributed by atoms with van der Waals surface area (Å²) >= 11 is 0. The lowest BCUT2D eigenvalue weighted by molar-refractivity contribution is 0.536. The molecule has 0 aromatic heterocycles. The number of nitrogens with two attached hydrogens (primary N) is 2. The maximum atomic E-state index is 5.79. The third-order valence-electron chi connectivity index (χ3n) is 4.42. The lowest BCUT2D eigenvalue weighted by Gasteiger charge is -2.03. The van der Waals surface area contributed by atoms with Gasteiger partial charge in [0.05, 0.1) is 0 Å². The highest BCUT2D eigenvalue weighted by Crippen LogP contribution is 2.13. The van der Waals surface area contributed by atoms with Crippen molar-refractivity contribution in [3.63, 3.8) is 0 Å². The minimum Gasteiger partial charge on any atom is -0.405 e. The molecule has 0 bridgehead atoms. The molecule has 0 fully saturated rings. The van der Waals surface area contributed by atoms with Gasteiger partial charge in [-0.1, -0.05) is 103 Å². The quantitative estimate of drug-likeness (QED) is 0.247. The van der Waals surface area contributed by atoms with E-state index < -0.39 is 0 Å². The van der Waals surface area contributed by atoms with Crippen molar-refractivity contribution in [1.82, 2.24) is 0 Å². The zero-order valence-electron chi connectivity index (χ0n) is 15.6. The predicted molar refractivity (Wildman–Crippen MR) is 105 cm³/mol. The van der Waals surface area contributed by atoms with Crippen molar-refractivity contribution in [3.8, 4) is 0 Å². The van der Waals surface area contributed by atoms with Crippen LogP contribution in [0.3, 0.4) is 0 Å². The molecule has 0 spiro atoms. The smallest absolute Gasteiger partial charge is 0.0427 e. The highest BCUT2D eigenvalue weighted by Gasteiger charge is 1.94. The average Bonchev–Trinajstić information content (AvgIpc) is 2.54. The van der Waals surface area contributed by atoms with Crippen LogP contribution in [-0.4, -0.2) is 6.04 Å². The van der Waals surface area contributed by atoms with Crippen molar-refractivity contribution in [2.24, 2.45) is 11.5 Å². The molecule has 136 valence electrons. The number of hydrogen-bond donors (Lipinski definition) is 2. The third kappa shape index (κ3) is 19.2. The Morgan fingerprint density at radius 3 is 1.52 bits per heavy atom. The average molecular weight is 323 g/mol. The van der Waals surface area contributed by atoms with Crippen molar-refractivity contribution < 1.29 is 0 Å². The molecule has 0 aliphatic heterocycles. The van der Waals surface area contributed by atoms with E-state index in [9.17, 15) is 0 Å². The van der Waals surface area contributed by atoms with Crippen molar-refractivity contribution in [2.45, 2.75) is 109 Å². The fourth-order valence-corrected chi connectivity index (χ4v) is 2.90. The molecule has 4 N–H and O–H groups in total. The van der Waals surface area contributed by atoms with Crippen molar-refractivity contribution in [1.29, 1.82) is 0 Å². The molecular weight excluding hydrogens is 280 g/mol. The van der Waals surface area contributed by atoms with Crippen LogP contribution < -0.4 is 11.5 Å².